The second kappa shape index (κ2) is 17.2. The van der Waals surface area contributed by atoms with Gasteiger partial charge in [-0.05, 0) is 101 Å². The maximum Gasteiger partial charge on any atom is 0.366 e. The topological polar surface area (TPSA) is 83.5 Å². The first-order valence-electron chi connectivity index (χ1n) is 15.8. The van der Waals surface area contributed by atoms with Crippen LogP contribution in [0.2, 0.25) is 0 Å². The number of unbranched alkanes of at least 4 members (excludes halogenated alkanes) is 1. The van der Waals surface area contributed by atoms with Crippen LogP contribution in [0.15, 0.2) is 54.6 Å². The Kier molecular flexibility index (Phi) is 13.4. The Labute approximate surface area is 246 Å². The highest BCUT2D eigenvalue weighted by Gasteiger charge is 2.47. The molecular weight excluding hydrogens is 520 g/mol. The number of aryl methyl sites for hydroxylation is 1. The minimum Gasteiger partial charge on any atom is -0.465 e. The maximum atomic E-state index is 13.1. The number of esters is 1. The Bertz CT molecular complexity index is 914. The summed E-state index contributed by atoms with van der Waals surface area (Å²) in [5, 5.41) is 10.7. The van der Waals surface area contributed by atoms with Crippen LogP contribution in [0.4, 0.5) is 0 Å². The number of methoxy groups -OCH3 is 1. The molecule has 1 aromatic rings. The Hall–Kier alpha value is -2.03. The smallest absolute Gasteiger partial charge is 0.366 e. The van der Waals surface area contributed by atoms with Crippen LogP contribution < -0.4 is 0 Å². The van der Waals surface area contributed by atoms with Gasteiger partial charge in [-0.15, -0.1) is 0 Å². The molecule has 0 radical (unpaired) electrons. The van der Waals surface area contributed by atoms with Gasteiger partial charge in [0.05, 0.1) is 13.2 Å². The van der Waals surface area contributed by atoms with Gasteiger partial charge in [-0.3, -0.25) is 0 Å². The van der Waals surface area contributed by atoms with E-state index in [-0.39, 0.29) is 12.0 Å². The lowest BCUT2D eigenvalue weighted by Crippen LogP contribution is -2.51. The SMILES string of the molecule is COC(=O)C(CC/C=C\C[C@H]1[C@@H](O)CC[C@@H]1/C=C/CCCc1ccccc1)(OC1CCCCO1)OC1CCCCO1. The molecule has 0 amide bonds. The van der Waals surface area contributed by atoms with Crippen molar-refractivity contribution in [3.05, 3.63) is 60.2 Å². The zero-order chi connectivity index (χ0) is 28.8. The van der Waals surface area contributed by atoms with Gasteiger partial charge in [0.1, 0.15) is 0 Å². The molecule has 2 heterocycles. The number of aliphatic hydroxyl groups excluding tert-OH is 1. The van der Waals surface area contributed by atoms with Crippen molar-refractivity contribution in [1.82, 2.24) is 0 Å². The summed E-state index contributed by atoms with van der Waals surface area (Å²) in [6.45, 7) is 1.21. The third-order valence-electron chi connectivity index (χ3n) is 8.53. The van der Waals surface area contributed by atoms with E-state index in [4.69, 9.17) is 23.7 Å². The summed E-state index contributed by atoms with van der Waals surface area (Å²) in [7, 11) is 1.36. The molecule has 2 unspecified atom stereocenters. The maximum absolute atomic E-state index is 13.1. The fraction of sp³-hybridized carbons (Fsp3) is 0.676. The number of hydrogen-bond donors (Lipinski definition) is 1. The lowest BCUT2D eigenvalue weighted by atomic mass is 9.90. The van der Waals surface area contributed by atoms with Crippen molar-refractivity contribution < 1.29 is 33.6 Å². The molecular formula is C34H50O7. The van der Waals surface area contributed by atoms with Crippen molar-refractivity contribution in [2.45, 2.75) is 114 Å². The highest BCUT2D eigenvalue weighted by molar-refractivity contribution is 5.77. The quantitative estimate of drug-likeness (QED) is 0.110. The van der Waals surface area contributed by atoms with Crippen LogP contribution in [0.1, 0.15) is 89.0 Å². The summed E-state index contributed by atoms with van der Waals surface area (Å²) in [6.07, 6.45) is 19.6. The molecule has 2 aliphatic heterocycles. The first-order valence-corrected chi connectivity index (χ1v) is 15.8. The molecule has 4 rings (SSSR count). The van der Waals surface area contributed by atoms with Gasteiger partial charge in [0.15, 0.2) is 12.6 Å². The number of carbonyl (C=O) groups excluding carboxylic acids is 1. The van der Waals surface area contributed by atoms with Crippen molar-refractivity contribution in [1.29, 1.82) is 0 Å². The number of carbonyl (C=O) groups is 1. The van der Waals surface area contributed by atoms with Gasteiger partial charge < -0.3 is 28.8 Å². The van der Waals surface area contributed by atoms with E-state index in [0.717, 1.165) is 64.2 Å². The van der Waals surface area contributed by atoms with Gasteiger partial charge in [0, 0.05) is 19.6 Å². The number of rotatable bonds is 15. The summed E-state index contributed by atoms with van der Waals surface area (Å²) < 4.78 is 29.3. The Morgan fingerprint density at radius 2 is 1.63 bits per heavy atom. The highest BCUT2D eigenvalue weighted by Crippen LogP contribution is 2.36. The average Bonchev–Trinajstić information content (AvgIpc) is 3.36. The van der Waals surface area contributed by atoms with Gasteiger partial charge >= 0.3 is 5.97 Å². The molecule has 41 heavy (non-hydrogen) atoms. The van der Waals surface area contributed by atoms with E-state index >= 15 is 0 Å². The molecule has 1 aliphatic carbocycles. The number of benzene rings is 1. The monoisotopic (exact) mass is 570 g/mol. The molecule has 228 valence electrons. The Morgan fingerprint density at radius 1 is 0.927 bits per heavy atom. The predicted octanol–water partition coefficient (Wildman–Crippen LogP) is 6.63. The lowest BCUT2D eigenvalue weighted by Gasteiger charge is -2.38. The second-order valence-corrected chi connectivity index (χ2v) is 11.6. The standard InChI is InChI=1S/C34H50O7/c1-37-33(36)34(40-31-20-10-13-25-38-31,41-32-21-11-14-26-39-32)24-12-4-9-19-29-28(22-23-30(29)35)18-8-3-7-17-27-15-5-2-6-16-27/h2,4-6,8-9,15-16,18,28-32,35H,3,7,10-14,17,19-26H2,1H3/b9-4-,18-8+/t28-,29+,30-,31?,32?,34?/m0/s1. The molecule has 1 aromatic carbocycles. The zero-order valence-corrected chi connectivity index (χ0v) is 24.8. The zero-order valence-electron chi connectivity index (χ0n) is 24.8. The third-order valence-corrected chi connectivity index (χ3v) is 8.53. The van der Waals surface area contributed by atoms with E-state index in [9.17, 15) is 9.90 Å². The summed E-state index contributed by atoms with van der Waals surface area (Å²) >= 11 is 0. The van der Waals surface area contributed by atoms with Crippen LogP contribution in [0.3, 0.4) is 0 Å². The van der Waals surface area contributed by atoms with Crippen LogP contribution in [0.25, 0.3) is 0 Å². The Morgan fingerprint density at radius 3 is 2.27 bits per heavy atom. The molecule has 7 nitrogen and oxygen atoms in total. The third kappa shape index (κ3) is 10.0. The summed E-state index contributed by atoms with van der Waals surface area (Å²) in [4.78, 5) is 13.1. The molecule has 1 saturated carbocycles. The number of allylic oxidation sites excluding steroid dienone is 4. The first kappa shape index (κ1) is 31.9. The summed E-state index contributed by atoms with van der Waals surface area (Å²) in [6, 6.07) is 10.6. The van der Waals surface area contributed by atoms with E-state index in [2.05, 4.69) is 54.6 Å². The largest absolute Gasteiger partial charge is 0.465 e. The fourth-order valence-corrected chi connectivity index (χ4v) is 6.16. The molecule has 0 spiro atoms. The summed E-state index contributed by atoms with van der Waals surface area (Å²) in [5.74, 6) is -1.54. The van der Waals surface area contributed by atoms with Gasteiger partial charge in [0.25, 0.3) is 5.79 Å². The predicted molar refractivity (Wildman–Crippen MR) is 158 cm³/mol. The minimum absolute atomic E-state index is 0.209. The normalized spacial score (nSPS) is 28.7. The van der Waals surface area contributed by atoms with Crippen LogP contribution >= 0.6 is 0 Å². The van der Waals surface area contributed by atoms with E-state index in [1.54, 1.807) is 0 Å². The van der Waals surface area contributed by atoms with E-state index < -0.39 is 24.3 Å². The Balaban J connectivity index is 1.30. The average molecular weight is 571 g/mol. The van der Waals surface area contributed by atoms with Crippen molar-refractivity contribution in [2.24, 2.45) is 11.8 Å². The fourth-order valence-electron chi connectivity index (χ4n) is 6.16. The molecule has 3 aliphatic rings. The van der Waals surface area contributed by atoms with Crippen LogP contribution in [0, 0.1) is 11.8 Å². The van der Waals surface area contributed by atoms with Gasteiger partial charge in [0.2, 0.25) is 0 Å². The van der Waals surface area contributed by atoms with E-state index in [1.807, 2.05) is 0 Å². The first-order chi connectivity index (χ1) is 20.1. The highest BCUT2D eigenvalue weighted by atomic mass is 16.8. The van der Waals surface area contributed by atoms with Crippen molar-refractivity contribution in [3.63, 3.8) is 0 Å². The van der Waals surface area contributed by atoms with Crippen molar-refractivity contribution in [2.75, 3.05) is 20.3 Å². The van der Waals surface area contributed by atoms with Gasteiger partial charge in [-0.1, -0.05) is 54.6 Å². The molecule has 0 bridgehead atoms. The van der Waals surface area contributed by atoms with Gasteiger partial charge in [-0.2, -0.15) is 0 Å². The second-order valence-electron chi connectivity index (χ2n) is 11.6. The van der Waals surface area contributed by atoms with Crippen LogP contribution in [-0.4, -0.2) is 55.9 Å². The molecule has 7 heteroatoms. The molecule has 1 N–H and O–H groups in total. The lowest BCUT2D eigenvalue weighted by molar-refractivity contribution is -0.352. The van der Waals surface area contributed by atoms with Crippen LogP contribution in [0.5, 0.6) is 0 Å². The van der Waals surface area contributed by atoms with Gasteiger partial charge in [-0.25, -0.2) is 4.79 Å². The number of hydrogen-bond acceptors (Lipinski definition) is 7. The summed E-state index contributed by atoms with van der Waals surface area (Å²) in [5.41, 5.74) is 1.38. The number of ether oxygens (including phenoxy) is 5. The number of aliphatic hydroxyl groups is 1. The van der Waals surface area contributed by atoms with Crippen molar-refractivity contribution >= 4 is 5.97 Å². The van der Waals surface area contributed by atoms with Crippen LogP contribution in [-0.2, 0) is 34.9 Å². The molecule has 2 saturated heterocycles. The molecule has 3 fully saturated rings. The molecule has 0 aromatic heterocycles. The molecule has 5 atom stereocenters. The van der Waals surface area contributed by atoms with E-state index in [0.29, 0.717) is 44.8 Å². The minimum atomic E-state index is -1.58. The van der Waals surface area contributed by atoms with Crippen molar-refractivity contribution in [3.8, 4) is 0 Å². The van der Waals surface area contributed by atoms with E-state index in [1.165, 1.54) is 12.7 Å².